The Morgan fingerprint density at radius 2 is 2.12 bits per heavy atom. The molecule has 0 unspecified atom stereocenters. The van der Waals surface area contributed by atoms with Gasteiger partial charge in [0.15, 0.2) is 0 Å². The lowest BCUT2D eigenvalue weighted by Crippen LogP contribution is -2.01. The van der Waals surface area contributed by atoms with Crippen LogP contribution in [-0.2, 0) is 9.53 Å². The van der Waals surface area contributed by atoms with Crippen LogP contribution in [0.25, 0.3) is 0 Å². The average Bonchev–Trinajstić information content (AvgIpc) is 2.30. The number of anilines is 1. The fraction of sp³-hybridized carbons (Fsp3) is 0.308. The van der Waals surface area contributed by atoms with E-state index in [0.29, 0.717) is 6.54 Å². The Morgan fingerprint density at radius 1 is 1.38 bits per heavy atom. The molecule has 0 atom stereocenters. The molecule has 0 fully saturated rings. The number of benzene rings is 1. The molecular weight excluding hydrogens is 202 g/mol. The van der Waals surface area contributed by atoms with Gasteiger partial charge in [-0.15, -0.1) is 0 Å². The molecule has 1 N–H and O–H groups in total. The molecule has 0 amide bonds. The summed E-state index contributed by atoms with van der Waals surface area (Å²) in [6, 6.07) is 7.99. The third-order valence-electron chi connectivity index (χ3n) is 2.10. The van der Waals surface area contributed by atoms with Gasteiger partial charge in [0.25, 0.3) is 0 Å². The molecule has 16 heavy (non-hydrogen) atoms. The van der Waals surface area contributed by atoms with Gasteiger partial charge < -0.3 is 10.1 Å². The van der Waals surface area contributed by atoms with E-state index in [4.69, 9.17) is 0 Å². The van der Waals surface area contributed by atoms with Gasteiger partial charge in [-0.3, -0.25) is 4.79 Å². The van der Waals surface area contributed by atoms with Gasteiger partial charge in [-0.1, -0.05) is 30.0 Å². The van der Waals surface area contributed by atoms with Crippen molar-refractivity contribution < 1.29 is 9.53 Å². The number of ether oxygens (including phenoxy) is 1. The minimum Gasteiger partial charge on any atom is -0.468 e. The molecule has 0 aliphatic rings. The van der Waals surface area contributed by atoms with Crippen LogP contribution in [0, 0.1) is 18.8 Å². The Morgan fingerprint density at radius 3 is 2.81 bits per heavy atom. The fourth-order valence-electron chi connectivity index (χ4n) is 1.18. The molecule has 84 valence electrons. The number of methoxy groups -OCH3 is 1. The number of esters is 1. The number of rotatable bonds is 3. The van der Waals surface area contributed by atoms with Gasteiger partial charge in [0.1, 0.15) is 6.42 Å². The summed E-state index contributed by atoms with van der Waals surface area (Å²) in [4.78, 5) is 10.8. The van der Waals surface area contributed by atoms with Gasteiger partial charge >= 0.3 is 5.97 Å². The maximum Gasteiger partial charge on any atom is 0.317 e. The van der Waals surface area contributed by atoms with Gasteiger partial charge in [-0.05, 0) is 18.6 Å². The summed E-state index contributed by atoms with van der Waals surface area (Å²) in [6.07, 6.45) is 0.145. The molecule has 0 aliphatic heterocycles. The third kappa shape index (κ3) is 4.05. The Bertz CT molecular complexity index is 415. The van der Waals surface area contributed by atoms with E-state index >= 15 is 0 Å². The maximum atomic E-state index is 10.8. The van der Waals surface area contributed by atoms with Crippen LogP contribution in [-0.4, -0.2) is 19.6 Å². The topological polar surface area (TPSA) is 38.3 Å². The number of carbonyl (C=O) groups is 1. The van der Waals surface area contributed by atoms with Crippen molar-refractivity contribution in [3.05, 3.63) is 29.8 Å². The molecule has 0 spiro atoms. The normalized spacial score (nSPS) is 8.88. The average molecular weight is 217 g/mol. The van der Waals surface area contributed by atoms with Gasteiger partial charge in [-0.2, -0.15) is 0 Å². The fourth-order valence-corrected chi connectivity index (χ4v) is 1.18. The SMILES string of the molecule is COC(=O)CC#CCNc1ccccc1C. The van der Waals surface area contributed by atoms with Gasteiger partial charge in [0.2, 0.25) is 0 Å². The largest absolute Gasteiger partial charge is 0.468 e. The van der Waals surface area contributed by atoms with Crippen LogP contribution in [0.15, 0.2) is 24.3 Å². The standard InChI is InChI=1S/C13H15NO2/c1-11-7-3-4-8-12(11)14-10-6-5-9-13(15)16-2/h3-4,7-8,14H,9-10H2,1-2H3. The highest BCUT2D eigenvalue weighted by Crippen LogP contribution is 2.11. The zero-order chi connectivity index (χ0) is 11.8. The number of para-hydroxylation sites is 1. The number of hydrogen-bond acceptors (Lipinski definition) is 3. The quantitative estimate of drug-likeness (QED) is 0.621. The number of hydrogen-bond donors (Lipinski definition) is 1. The van der Waals surface area contributed by atoms with E-state index in [0.717, 1.165) is 5.69 Å². The minimum absolute atomic E-state index is 0.145. The lowest BCUT2D eigenvalue weighted by Gasteiger charge is -2.04. The Labute approximate surface area is 95.8 Å². The Hall–Kier alpha value is -1.95. The molecule has 1 aromatic rings. The van der Waals surface area contributed by atoms with Gasteiger partial charge in [0.05, 0.1) is 13.7 Å². The Balaban J connectivity index is 2.36. The van der Waals surface area contributed by atoms with Crippen LogP contribution < -0.4 is 5.32 Å². The summed E-state index contributed by atoms with van der Waals surface area (Å²) in [7, 11) is 1.36. The summed E-state index contributed by atoms with van der Waals surface area (Å²) >= 11 is 0. The van der Waals surface area contributed by atoms with Crippen molar-refractivity contribution in [3.8, 4) is 11.8 Å². The van der Waals surface area contributed by atoms with Gasteiger partial charge in [-0.25, -0.2) is 0 Å². The van der Waals surface area contributed by atoms with E-state index in [1.165, 1.54) is 12.7 Å². The highest BCUT2D eigenvalue weighted by molar-refractivity contribution is 5.72. The first-order valence-electron chi connectivity index (χ1n) is 5.06. The van der Waals surface area contributed by atoms with Crippen LogP contribution in [0.2, 0.25) is 0 Å². The molecule has 0 radical (unpaired) electrons. The predicted octanol–water partition coefficient (Wildman–Crippen LogP) is 1.97. The molecule has 3 heteroatoms. The van der Waals surface area contributed by atoms with Crippen molar-refractivity contribution in [3.63, 3.8) is 0 Å². The first kappa shape index (κ1) is 12.1. The summed E-state index contributed by atoms with van der Waals surface area (Å²) in [5, 5.41) is 3.18. The molecule has 3 nitrogen and oxygen atoms in total. The Kier molecular flexibility index (Phi) is 4.94. The lowest BCUT2D eigenvalue weighted by atomic mass is 10.2. The van der Waals surface area contributed by atoms with Crippen LogP contribution in [0.3, 0.4) is 0 Å². The van der Waals surface area contributed by atoms with E-state index in [-0.39, 0.29) is 12.4 Å². The third-order valence-corrected chi connectivity index (χ3v) is 2.10. The van der Waals surface area contributed by atoms with Crippen molar-refractivity contribution in [2.75, 3.05) is 19.0 Å². The number of carbonyl (C=O) groups excluding carboxylic acids is 1. The summed E-state index contributed by atoms with van der Waals surface area (Å²) < 4.78 is 4.47. The smallest absolute Gasteiger partial charge is 0.317 e. The highest BCUT2D eigenvalue weighted by Gasteiger charge is 1.94. The van der Waals surface area contributed by atoms with E-state index in [1.54, 1.807) is 0 Å². The predicted molar refractivity (Wildman–Crippen MR) is 64.1 cm³/mol. The highest BCUT2D eigenvalue weighted by atomic mass is 16.5. The van der Waals surface area contributed by atoms with E-state index in [1.807, 2.05) is 31.2 Å². The second kappa shape index (κ2) is 6.52. The molecule has 0 aliphatic carbocycles. The van der Waals surface area contributed by atoms with Crippen LogP contribution in [0.1, 0.15) is 12.0 Å². The van der Waals surface area contributed by atoms with Crippen LogP contribution in [0.5, 0.6) is 0 Å². The molecule has 0 saturated heterocycles. The van der Waals surface area contributed by atoms with E-state index in [2.05, 4.69) is 21.9 Å². The van der Waals surface area contributed by atoms with Gasteiger partial charge in [0, 0.05) is 5.69 Å². The molecule has 0 heterocycles. The van der Waals surface area contributed by atoms with Crippen molar-refractivity contribution in [2.24, 2.45) is 0 Å². The number of aryl methyl sites for hydroxylation is 1. The monoisotopic (exact) mass is 217 g/mol. The maximum absolute atomic E-state index is 10.8. The zero-order valence-corrected chi connectivity index (χ0v) is 9.54. The lowest BCUT2D eigenvalue weighted by molar-refractivity contribution is -0.139. The molecule has 0 bridgehead atoms. The van der Waals surface area contributed by atoms with Crippen LogP contribution in [0.4, 0.5) is 5.69 Å². The van der Waals surface area contributed by atoms with E-state index in [9.17, 15) is 4.79 Å². The van der Waals surface area contributed by atoms with Crippen molar-refractivity contribution in [1.29, 1.82) is 0 Å². The van der Waals surface area contributed by atoms with Crippen molar-refractivity contribution >= 4 is 11.7 Å². The summed E-state index contributed by atoms with van der Waals surface area (Å²) in [6.45, 7) is 2.56. The molecule has 0 aromatic heterocycles. The van der Waals surface area contributed by atoms with Crippen molar-refractivity contribution in [2.45, 2.75) is 13.3 Å². The second-order valence-electron chi connectivity index (χ2n) is 3.27. The minimum atomic E-state index is -0.302. The molecule has 0 saturated carbocycles. The first-order chi connectivity index (χ1) is 7.74. The van der Waals surface area contributed by atoms with Crippen LogP contribution >= 0.6 is 0 Å². The summed E-state index contributed by atoms with van der Waals surface area (Å²) in [5.74, 6) is 5.30. The first-order valence-corrected chi connectivity index (χ1v) is 5.06. The molecule has 1 aromatic carbocycles. The summed E-state index contributed by atoms with van der Waals surface area (Å²) in [5.41, 5.74) is 2.24. The zero-order valence-electron chi connectivity index (χ0n) is 9.54. The molecular formula is C13H15NO2. The second-order valence-corrected chi connectivity index (χ2v) is 3.27. The number of nitrogens with one attached hydrogen (secondary N) is 1. The van der Waals surface area contributed by atoms with Crippen molar-refractivity contribution in [1.82, 2.24) is 0 Å². The van der Waals surface area contributed by atoms with E-state index < -0.39 is 0 Å². The molecule has 1 rings (SSSR count).